The average Bonchev–Trinajstić information content (AvgIpc) is 2.48. The molecule has 1 saturated heterocycles. The molecule has 1 aromatic rings. The SMILES string of the molecule is CC1CN(c2ccc(Cl)cn2)CC1O. The molecule has 1 N–H and O–H groups in total. The molecule has 76 valence electrons. The lowest BCUT2D eigenvalue weighted by Gasteiger charge is -2.16. The van der Waals surface area contributed by atoms with Gasteiger partial charge in [-0.25, -0.2) is 4.98 Å². The van der Waals surface area contributed by atoms with Crippen LogP contribution >= 0.6 is 11.6 Å². The van der Waals surface area contributed by atoms with Crippen molar-refractivity contribution in [1.29, 1.82) is 0 Å². The van der Waals surface area contributed by atoms with Crippen LogP contribution in [0.2, 0.25) is 5.02 Å². The molecule has 1 aliphatic heterocycles. The van der Waals surface area contributed by atoms with Gasteiger partial charge in [-0.1, -0.05) is 18.5 Å². The van der Waals surface area contributed by atoms with Crippen LogP contribution in [-0.4, -0.2) is 29.3 Å². The Morgan fingerprint density at radius 2 is 2.29 bits per heavy atom. The van der Waals surface area contributed by atoms with Crippen LogP contribution in [-0.2, 0) is 0 Å². The predicted octanol–water partition coefficient (Wildman–Crippen LogP) is 1.55. The number of β-amino-alcohol motifs (C(OH)–C–C–N with tert-alkyl or cyclic N) is 1. The Hall–Kier alpha value is -0.800. The smallest absolute Gasteiger partial charge is 0.128 e. The summed E-state index contributed by atoms with van der Waals surface area (Å²) in [6.07, 6.45) is 1.39. The second-order valence-corrected chi connectivity index (χ2v) is 4.22. The molecule has 1 aliphatic rings. The van der Waals surface area contributed by atoms with Gasteiger partial charge >= 0.3 is 0 Å². The van der Waals surface area contributed by atoms with E-state index in [4.69, 9.17) is 11.6 Å². The van der Waals surface area contributed by atoms with E-state index >= 15 is 0 Å². The maximum absolute atomic E-state index is 9.59. The van der Waals surface area contributed by atoms with Crippen molar-refractivity contribution in [1.82, 2.24) is 4.98 Å². The average molecular weight is 213 g/mol. The Balaban J connectivity index is 2.13. The molecule has 0 spiro atoms. The zero-order chi connectivity index (χ0) is 10.1. The van der Waals surface area contributed by atoms with Gasteiger partial charge in [0, 0.05) is 25.2 Å². The Bertz CT molecular complexity index is 304. The van der Waals surface area contributed by atoms with Gasteiger partial charge in [0.15, 0.2) is 0 Å². The van der Waals surface area contributed by atoms with Gasteiger partial charge < -0.3 is 10.0 Å². The van der Waals surface area contributed by atoms with Crippen molar-refractivity contribution in [2.24, 2.45) is 5.92 Å². The molecule has 0 bridgehead atoms. The number of aromatic nitrogens is 1. The second-order valence-electron chi connectivity index (χ2n) is 3.78. The van der Waals surface area contributed by atoms with Crippen molar-refractivity contribution in [2.75, 3.05) is 18.0 Å². The van der Waals surface area contributed by atoms with Crippen LogP contribution < -0.4 is 4.90 Å². The molecule has 3 nitrogen and oxygen atoms in total. The molecule has 0 aromatic carbocycles. The molecule has 1 aromatic heterocycles. The van der Waals surface area contributed by atoms with Crippen LogP contribution in [0.4, 0.5) is 5.82 Å². The molecule has 0 radical (unpaired) electrons. The molecule has 2 heterocycles. The molecular weight excluding hydrogens is 200 g/mol. The van der Waals surface area contributed by atoms with Crippen LogP contribution in [0.1, 0.15) is 6.92 Å². The first kappa shape index (κ1) is 9.74. The molecule has 1 fully saturated rings. The van der Waals surface area contributed by atoms with E-state index in [1.54, 1.807) is 6.20 Å². The van der Waals surface area contributed by atoms with Crippen molar-refractivity contribution in [3.63, 3.8) is 0 Å². The summed E-state index contributed by atoms with van der Waals surface area (Å²) < 4.78 is 0. The van der Waals surface area contributed by atoms with E-state index in [1.807, 2.05) is 19.1 Å². The fourth-order valence-electron chi connectivity index (χ4n) is 1.69. The van der Waals surface area contributed by atoms with Crippen LogP contribution in [0.25, 0.3) is 0 Å². The third kappa shape index (κ3) is 1.83. The lowest BCUT2D eigenvalue weighted by Crippen LogP contribution is -2.21. The highest BCUT2D eigenvalue weighted by Crippen LogP contribution is 2.22. The maximum Gasteiger partial charge on any atom is 0.128 e. The fourth-order valence-corrected chi connectivity index (χ4v) is 1.80. The summed E-state index contributed by atoms with van der Waals surface area (Å²) in [5.41, 5.74) is 0. The summed E-state index contributed by atoms with van der Waals surface area (Å²) in [7, 11) is 0. The van der Waals surface area contributed by atoms with Crippen molar-refractivity contribution >= 4 is 17.4 Å². The molecule has 2 rings (SSSR count). The predicted molar refractivity (Wildman–Crippen MR) is 56.6 cm³/mol. The van der Waals surface area contributed by atoms with E-state index in [2.05, 4.69) is 9.88 Å². The minimum atomic E-state index is -0.243. The minimum absolute atomic E-state index is 0.243. The highest BCUT2D eigenvalue weighted by molar-refractivity contribution is 6.30. The zero-order valence-corrected chi connectivity index (χ0v) is 8.78. The number of rotatable bonds is 1. The third-order valence-corrected chi connectivity index (χ3v) is 2.83. The van der Waals surface area contributed by atoms with E-state index in [9.17, 15) is 5.11 Å². The number of nitrogens with zero attached hydrogens (tertiary/aromatic N) is 2. The molecular formula is C10H13ClN2O. The van der Waals surface area contributed by atoms with Gasteiger partial charge in [-0.2, -0.15) is 0 Å². The topological polar surface area (TPSA) is 36.4 Å². The van der Waals surface area contributed by atoms with Gasteiger partial charge in [0.05, 0.1) is 11.1 Å². The Labute approximate surface area is 88.3 Å². The van der Waals surface area contributed by atoms with Crippen molar-refractivity contribution in [3.05, 3.63) is 23.4 Å². The summed E-state index contributed by atoms with van der Waals surface area (Å²) in [6.45, 7) is 3.56. The van der Waals surface area contributed by atoms with Gasteiger partial charge in [0.1, 0.15) is 5.82 Å². The van der Waals surface area contributed by atoms with E-state index in [0.717, 1.165) is 12.4 Å². The molecule has 0 saturated carbocycles. The number of pyridine rings is 1. The minimum Gasteiger partial charge on any atom is -0.391 e. The first-order valence-corrected chi connectivity index (χ1v) is 5.09. The number of halogens is 1. The largest absolute Gasteiger partial charge is 0.391 e. The van der Waals surface area contributed by atoms with E-state index < -0.39 is 0 Å². The zero-order valence-electron chi connectivity index (χ0n) is 8.02. The highest BCUT2D eigenvalue weighted by Gasteiger charge is 2.28. The summed E-state index contributed by atoms with van der Waals surface area (Å²) in [6, 6.07) is 3.70. The van der Waals surface area contributed by atoms with Crippen LogP contribution in [0.5, 0.6) is 0 Å². The van der Waals surface area contributed by atoms with Crippen molar-refractivity contribution in [2.45, 2.75) is 13.0 Å². The third-order valence-electron chi connectivity index (χ3n) is 2.61. The van der Waals surface area contributed by atoms with E-state index in [0.29, 0.717) is 17.5 Å². The summed E-state index contributed by atoms with van der Waals surface area (Å²) >= 11 is 5.75. The summed E-state index contributed by atoms with van der Waals surface area (Å²) in [5, 5.41) is 10.2. The van der Waals surface area contributed by atoms with E-state index in [1.165, 1.54) is 0 Å². The molecule has 14 heavy (non-hydrogen) atoms. The number of aliphatic hydroxyl groups excluding tert-OH is 1. The molecule has 0 amide bonds. The van der Waals surface area contributed by atoms with Crippen molar-refractivity contribution < 1.29 is 5.11 Å². The number of aliphatic hydroxyl groups is 1. The Kier molecular flexibility index (Phi) is 2.61. The maximum atomic E-state index is 9.59. The van der Waals surface area contributed by atoms with Gasteiger partial charge in [-0.05, 0) is 12.1 Å². The quantitative estimate of drug-likeness (QED) is 0.768. The standard InChI is InChI=1S/C10H13ClN2O/c1-7-5-13(6-9(7)14)10-3-2-8(11)4-12-10/h2-4,7,9,14H,5-6H2,1H3. The van der Waals surface area contributed by atoms with Crippen LogP contribution in [0, 0.1) is 5.92 Å². The molecule has 0 aliphatic carbocycles. The van der Waals surface area contributed by atoms with Gasteiger partial charge in [-0.3, -0.25) is 0 Å². The number of hydrogen-bond acceptors (Lipinski definition) is 3. The van der Waals surface area contributed by atoms with Gasteiger partial charge in [0.2, 0.25) is 0 Å². The van der Waals surface area contributed by atoms with Crippen LogP contribution in [0.3, 0.4) is 0 Å². The lowest BCUT2D eigenvalue weighted by atomic mass is 10.1. The molecule has 4 heteroatoms. The first-order valence-electron chi connectivity index (χ1n) is 4.71. The summed E-state index contributed by atoms with van der Waals surface area (Å²) in [5.74, 6) is 1.20. The second kappa shape index (κ2) is 3.75. The molecule has 2 unspecified atom stereocenters. The highest BCUT2D eigenvalue weighted by atomic mass is 35.5. The number of hydrogen-bond donors (Lipinski definition) is 1. The van der Waals surface area contributed by atoms with Gasteiger partial charge in [-0.15, -0.1) is 0 Å². The Morgan fingerprint density at radius 3 is 2.79 bits per heavy atom. The van der Waals surface area contributed by atoms with Crippen molar-refractivity contribution in [3.8, 4) is 0 Å². The van der Waals surface area contributed by atoms with E-state index in [-0.39, 0.29) is 6.10 Å². The molecule has 2 atom stereocenters. The number of anilines is 1. The van der Waals surface area contributed by atoms with Gasteiger partial charge in [0.25, 0.3) is 0 Å². The normalized spacial score (nSPS) is 26.9. The first-order chi connectivity index (χ1) is 6.66. The lowest BCUT2D eigenvalue weighted by molar-refractivity contribution is 0.157. The Morgan fingerprint density at radius 1 is 1.50 bits per heavy atom. The fraction of sp³-hybridized carbons (Fsp3) is 0.500. The van der Waals surface area contributed by atoms with Crippen LogP contribution in [0.15, 0.2) is 18.3 Å². The summed E-state index contributed by atoms with van der Waals surface area (Å²) in [4.78, 5) is 6.29. The monoisotopic (exact) mass is 212 g/mol.